The van der Waals surface area contributed by atoms with E-state index in [0.717, 1.165) is 19.5 Å². The minimum atomic E-state index is 0.261. The highest BCUT2D eigenvalue weighted by atomic mass is 16.2. The van der Waals surface area contributed by atoms with E-state index in [9.17, 15) is 4.79 Å². The third-order valence-electron chi connectivity index (χ3n) is 2.86. The van der Waals surface area contributed by atoms with E-state index in [-0.39, 0.29) is 5.91 Å². The number of carbonyl (C=O) groups is 1. The standard InChI is InChI=1S/C14H17NO/c1-12-6-5-9-14(16)15(10-12)11-13-7-3-2-4-8-13/h2-4,6-8H,5,9-11H2,1H3. The summed E-state index contributed by atoms with van der Waals surface area (Å²) in [6.07, 6.45) is 3.70. The fraction of sp³-hybridized carbons (Fsp3) is 0.357. The molecule has 0 saturated heterocycles. The third-order valence-corrected chi connectivity index (χ3v) is 2.86. The zero-order chi connectivity index (χ0) is 11.4. The van der Waals surface area contributed by atoms with Crippen LogP contribution in [0.4, 0.5) is 0 Å². The first-order chi connectivity index (χ1) is 7.75. The minimum absolute atomic E-state index is 0.261. The van der Waals surface area contributed by atoms with Gasteiger partial charge in [0.15, 0.2) is 0 Å². The summed E-state index contributed by atoms with van der Waals surface area (Å²) in [6.45, 7) is 3.59. The van der Waals surface area contributed by atoms with Crippen LogP contribution in [0.1, 0.15) is 25.3 Å². The second-order valence-corrected chi connectivity index (χ2v) is 4.32. The Kier molecular flexibility index (Phi) is 3.40. The van der Waals surface area contributed by atoms with Crippen molar-refractivity contribution < 1.29 is 4.79 Å². The Morgan fingerprint density at radius 3 is 2.75 bits per heavy atom. The lowest BCUT2D eigenvalue weighted by atomic mass is 10.2. The summed E-state index contributed by atoms with van der Waals surface area (Å²) >= 11 is 0. The molecule has 1 amide bonds. The molecule has 1 aliphatic rings. The summed E-state index contributed by atoms with van der Waals surface area (Å²) < 4.78 is 0. The molecule has 1 aliphatic heterocycles. The van der Waals surface area contributed by atoms with Crippen LogP contribution in [0, 0.1) is 0 Å². The third kappa shape index (κ3) is 2.72. The summed E-state index contributed by atoms with van der Waals surface area (Å²) in [5.74, 6) is 0.261. The fourth-order valence-electron chi connectivity index (χ4n) is 2.00. The maximum absolute atomic E-state index is 11.9. The van der Waals surface area contributed by atoms with E-state index in [4.69, 9.17) is 0 Å². The van der Waals surface area contributed by atoms with Gasteiger partial charge in [0.1, 0.15) is 0 Å². The number of rotatable bonds is 2. The van der Waals surface area contributed by atoms with Crippen molar-refractivity contribution in [3.8, 4) is 0 Å². The Labute approximate surface area is 96.6 Å². The van der Waals surface area contributed by atoms with Crippen molar-refractivity contribution in [3.05, 3.63) is 47.5 Å². The largest absolute Gasteiger partial charge is 0.334 e. The van der Waals surface area contributed by atoms with Crippen molar-refractivity contribution in [1.29, 1.82) is 0 Å². The molecule has 0 fully saturated rings. The van der Waals surface area contributed by atoms with Crippen LogP contribution in [0.3, 0.4) is 0 Å². The molecule has 0 bridgehead atoms. The monoisotopic (exact) mass is 215 g/mol. The van der Waals surface area contributed by atoms with Gasteiger partial charge in [-0.3, -0.25) is 4.79 Å². The molecule has 2 heteroatoms. The summed E-state index contributed by atoms with van der Waals surface area (Å²) in [5.41, 5.74) is 2.49. The normalized spacial score (nSPS) is 16.9. The van der Waals surface area contributed by atoms with Crippen molar-refractivity contribution in [1.82, 2.24) is 4.90 Å². The molecule has 0 spiro atoms. The Bertz CT molecular complexity index is 394. The van der Waals surface area contributed by atoms with E-state index < -0.39 is 0 Å². The van der Waals surface area contributed by atoms with Crippen molar-refractivity contribution in [2.24, 2.45) is 0 Å². The first-order valence-corrected chi connectivity index (χ1v) is 5.73. The number of allylic oxidation sites excluding steroid dienone is 1. The predicted molar refractivity (Wildman–Crippen MR) is 64.9 cm³/mol. The van der Waals surface area contributed by atoms with Crippen LogP contribution in [0.5, 0.6) is 0 Å². The summed E-state index contributed by atoms with van der Waals surface area (Å²) in [4.78, 5) is 13.8. The topological polar surface area (TPSA) is 20.3 Å². The van der Waals surface area contributed by atoms with Crippen LogP contribution in [0.15, 0.2) is 42.0 Å². The van der Waals surface area contributed by atoms with Gasteiger partial charge in [-0.2, -0.15) is 0 Å². The number of hydrogen-bond acceptors (Lipinski definition) is 1. The maximum Gasteiger partial charge on any atom is 0.223 e. The average Bonchev–Trinajstić information content (AvgIpc) is 2.43. The van der Waals surface area contributed by atoms with Crippen LogP contribution >= 0.6 is 0 Å². The summed E-state index contributed by atoms with van der Waals surface area (Å²) in [6, 6.07) is 10.2. The zero-order valence-corrected chi connectivity index (χ0v) is 9.65. The van der Waals surface area contributed by atoms with Gasteiger partial charge in [-0.05, 0) is 18.9 Å². The van der Waals surface area contributed by atoms with E-state index in [0.29, 0.717) is 6.42 Å². The number of nitrogens with zero attached hydrogens (tertiary/aromatic N) is 1. The number of carbonyl (C=O) groups excluding carboxylic acids is 1. The van der Waals surface area contributed by atoms with Gasteiger partial charge < -0.3 is 4.90 Å². The average molecular weight is 215 g/mol. The quantitative estimate of drug-likeness (QED) is 0.695. The van der Waals surface area contributed by atoms with Crippen molar-refractivity contribution in [2.75, 3.05) is 6.54 Å². The van der Waals surface area contributed by atoms with Gasteiger partial charge in [0, 0.05) is 19.5 Å². The second-order valence-electron chi connectivity index (χ2n) is 4.32. The predicted octanol–water partition coefficient (Wildman–Crippen LogP) is 2.76. The first kappa shape index (κ1) is 10.9. The Hall–Kier alpha value is -1.57. The fourth-order valence-corrected chi connectivity index (χ4v) is 2.00. The van der Waals surface area contributed by atoms with E-state index in [1.807, 2.05) is 23.1 Å². The highest BCUT2D eigenvalue weighted by Crippen LogP contribution is 2.14. The molecule has 84 valence electrons. The van der Waals surface area contributed by atoms with Crippen molar-refractivity contribution in [2.45, 2.75) is 26.3 Å². The van der Waals surface area contributed by atoms with Crippen molar-refractivity contribution in [3.63, 3.8) is 0 Å². The second kappa shape index (κ2) is 4.97. The maximum atomic E-state index is 11.9. The zero-order valence-electron chi connectivity index (χ0n) is 9.65. The molecule has 2 nitrogen and oxygen atoms in total. The number of hydrogen-bond donors (Lipinski definition) is 0. The van der Waals surface area contributed by atoms with Crippen LogP contribution in [0.2, 0.25) is 0 Å². The summed E-state index contributed by atoms with van der Waals surface area (Å²) in [7, 11) is 0. The lowest BCUT2D eigenvalue weighted by Gasteiger charge is -2.21. The molecular formula is C14H17NO. The SMILES string of the molecule is CC1=CCCC(=O)N(Cc2ccccc2)C1. The van der Waals surface area contributed by atoms with Gasteiger partial charge in [-0.25, -0.2) is 0 Å². The Morgan fingerprint density at radius 2 is 2.00 bits per heavy atom. The molecule has 1 heterocycles. The van der Waals surface area contributed by atoms with Gasteiger partial charge in [-0.15, -0.1) is 0 Å². The molecular weight excluding hydrogens is 198 g/mol. The van der Waals surface area contributed by atoms with Crippen molar-refractivity contribution >= 4 is 5.91 Å². The van der Waals surface area contributed by atoms with E-state index in [2.05, 4.69) is 25.1 Å². The number of amides is 1. The van der Waals surface area contributed by atoms with Gasteiger partial charge in [0.05, 0.1) is 0 Å². The molecule has 2 rings (SSSR count). The highest BCUT2D eigenvalue weighted by Gasteiger charge is 2.16. The van der Waals surface area contributed by atoms with Gasteiger partial charge in [-0.1, -0.05) is 42.0 Å². The Balaban J connectivity index is 2.08. The highest BCUT2D eigenvalue weighted by molar-refractivity contribution is 5.77. The minimum Gasteiger partial charge on any atom is -0.334 e. The molecule has 1 aromatic carbocycles. The van der Waals surface area contributed by atoms with Gasteiger partial charge >= 0.3 is 0 Å². The van der Waals surface area contributed by atoms with Gasteiger partial charge in [0.25, 0.3) is 0 Å². The van der Waals surface area contributed by atoms with Gasteiger partial charge in [0.2, 0.25) is 5.91 Å². The molecule has 0 aromatic heterocycles. The van der Waals surface area contributed by atoms with E-state index in [1.165, 1.54) is 11.1 Å². The van der Waals surface area contributed by atoms with Crippen LogP contribution in [-0.2, 0) is 11.3 Å². The molecule has 0 unspecified atom stereocenters. The number of benzene rings is 1. The van der Waals surface area contributed by atoms with E-state index in [1.54, 1.807) is 0 Å². The van der Waals surface area contributed by atoms with Crippen LogP contribution in [-0.4, -0.2) is 17.4 Å². The first-order valence-electron chi connectivity index (χ1n) is 5.73. The molecule has 0 N–H and O–H groups in total. The molecule has 1 aromatic rings. The smallest absolute Gasteiger partial charge is 0.223 e. The lowest BCUT2D eigenvalue weighted by molar-refractivity contribution is -0.131. The molecule has 0 radical (unpaired) electrons. The Morgan fingerprint density at radius 1 is 1.25 bits per heavy atom. The molecule has 0 atom stereocenters. The molecule has 0 saturated carbocycles. The van der Waals surface area contributed by atoms with Crippen LogP contribution < -0.4 is 0 Å². The molecule has 0 aliphatic carbocycles. The van der Waals surface area contributed by atoms with Crippen LogP contribution in [0.25, 0.3) is 0 Å². The van der Waals surface area contributed by atoms with E-state index >= 15 is 0 Å². The molecule has 16 heavy (non-hydrogen) atoms. The lowest BCUT2D eigenvalue weighted by Crippen LogP contribution is -2.30. The summed E-state index contributed by atoms with van der Waals surface area (Å²) in [5, 5.41) is 0.